The van der Waals surface area contributed by atoms with E-state index in [-0.39, 0.29) is 18.3 Å². The monoisotopic (exact) mass is 427 g/mol. The Labute approximate surface area is 187 Å². The Bertz CT molecular complexity index is 1120. The van der Waals surface area contributed by atoms with E-state index < -0.39 is 0 Å². The summed E-state index contributed by atoms with van der Waals surface area (Å²) in [6.45, 7) is 1.73. The summed E-state index contributed by atoms with van der Waals surface area (Å²) in [7, 11) is 0. The third kappa shape index (κ3) is 6.09. The minimum absolute atomic E-state index is 0.261. The molecule has 1 aromatic heterocycles. The molecule has 5 nitrogen and oxygen atoms in total. The molecule has 0 aliphatic heterocycles. The molecule has 5 heteroatoms. The Hall–Kier alpha value is -3.83. The molecule has 162 valence electrons. The van der Waals surface area contributed by atoms with Crippen molar-refractivity contribution in [1.82, 2.24) is 5.32 Å². The van der Waals surface area contributed by atoms with Crippen LogP contribution in [0, 0.1) is 0 Å². The highest BCUT2D eigenvalue weighted by Gasteiger charge is 2.15. The van der Waals surface area contributed by atoms with Gasteiger partial charge in [-0.1, -0.05) is 72.8 Å². The van der Waals surface area contributed by atoms with Crippen molar-refractivity contribution in [3.05, 3.63) is 125 Å². The van der Waals surface area contributed by atoms with E-state index in [0.29, 0.717) is 25.3 Å². The number of para-hydroxylation sites is 1. The highest BCUT2D eigenvalue weighted by molar-refractivity contribution is 5.92. The topological polar surface area (TPSA) is 60.7 Å². The molecule has 0 unspecified atom stereocenters. The molecule has 0 aliphatic rings. The van der Waals surface area contributed by atoms with E-state index >= 15 is 0 Å². The molecule has 0 aliphatic carbocycles. The van der Waals surface area contributed by atoms with Crippen molar-refractivity contribution >= 4 is 5.91 Å². The molecule has 32 heavy (non-hydrogen) atoms. The molecule has 0 saturated heterocycles. The van der Waals surface area contributed by atoms with E-state index in [1.54, 1.807) is 6.07 Å². The molecule has 1 heterocycles. The molecule has 0 fully saturated rings. The van der Waals surface area contributed by atoms with E-state index in [2.05, 4.69) is 5.32 Å². The predicted octanol–water partition coefficient (Wildman–Crippen LogP) is 5.51. The normalized spacial score (nSPS) is 10.6. The lowest BCUT2D eigenvalue weighted by molar-refractivity contribution is 0.0919. The molecule has 0 atom stereocenters. The Balaban J connectivity index is 1.28. The van der Waals surface area contributed by atoms with Crippen LogP contribution in [0.3, 0.4) is 0 Å². The molecule has 0 radical (unpaired) electrons. The van der Waals surface area contributed by atoms with Crippen LogP contribution in [0.25, 0.3) is 0 Å². The van der Waals surface area contributed by atoms with Crippen LogP contribution in [-0.2, 0) is 31.1 Å². The van der Waals surface area contributed by atoms with E-state index in [4.69, 9.17) is 13.9 Å². The summed E-state index contributed by atoms with van der Waals surface area (Å²) in [4.78, 5) is 12.6. The van der Waals surface area contributed by atoms with E-state index in [1.807, 2.05) is 84.9 Å². The molecular weight excluding hydrogens is 402 g/mol. The highest BCUT2D eigenvalue weighted by atomic mass is 16.5. The van der Waals surface area contributed by atoms with Crippen molar-refractivity contribution < 1.29 is 18.7 Å². The maximum Gasteiger partial charge on any atom is 0.287 e. The second-order valence-corrected chi connectivity index (χ2v) is 7.36. The van der Waals surface area contributed by atoms with Gasteiger partial charge in [0.15, 0.2) is 5.76 Å². The van der Waals surface area contributed by atoms with Gasteiger partial charge in [-0.15, -0.1) is 0 Å². The first kappa shape index (κ1) is 21.4. The minimum Gasteiger partial charge on any atom is -0.489 e. The van der Waals surface area contributed by atoms with Crippen LogP contribution in [0.1, 0.15) is 32.8 Å². The number of hydrogen-bond acceptors (Lipinski definition) is 4. The first-order valence-electron chi connectivity index (χ1n) is 10.5. The first-order valence-corrected chi connectivity index (χ1v) is 10.5. The zero-order chi connectivity index (χ0) is 22.0. The third-order valence-electron chi connectivity index (χ3n) is 4.92. The van der Waals surface area contributed by atoms with Gasteiger partial charge in [0.1, 0.15) is 12.4 Å². The molecule has 0 spiro atoms. The summed E-state index contributed by atoms with van der Waals surface area (Å²) in [5, 5.41) is 2.92. The standard InChI is InChI=1S/C27H25NO4/c29-27(26-24(14-15-31-26)20-32-25-12-5-2-6-13-25)28-17-22-10-7-11-23(16-22)19-30-18-21-8-3-1-4-9-21/h1-16H,17-20H2,(H,28,29). The van der Waals surface area contributed by atoms with Gasteiger partial charge >= 0.3 is 0 Å². The summed E-state index contributed by atoms with van der Waals surface area (Å²) >= 11 is 0. The number of furan rings is 1. The SMILES string of the molecule is O=C(NCc1cccc(COCc2ccccc2)c1)c1occc1COc1ccccc1. The lowest BCUT2D eigenvalue weighted by Crippen LogP contribution is -2.23. The molecular formula is C27H25NO4. The van der Waals surface area contributed by atoms with Gasteiger partial charge in [0, 0.05) is 12.1 Å². The fourth-order valence-corrected chi connectivity index (χ4v) is 3.28. The van der Waals surface area contributed by atoms with Gasteiger partial charge in [-0.3, -0.25) is 4.79 Å². The van der Waals surface area contributed by atoms with E-state index in [0.717, 1.165) is 22.4 Å². The van der Waals surface area contributed by atoms with Crippen LogP contribution >= 0.6 is 0 Å². The van der Waals surface area contributed by atoms with Crippen LogP contribution in [0.4, 0.5) is 0 Å². The van der Waals surface area contributed by atoms with Crippen LogP contribution in [-0.4, -0.2) is 5.91 Å². The van der Waals surface area contributed by atoms with Crippen molar-refractivity contribution in [2.45, 2.75) is 26.4 Å². The third-order valence-corrected chi connectivity index (χ3v) is 4.92. The fraction of sp³-hybridized carbons (Fsp3) is 0.148. The van der Waals surface area contributed by atoms with Crippen molar-refractivity contribution in [2.24, 2.45) is 0 Å². The maximum absolute atomic E-state index is 12.6. The maximum atomic E-state index is 12.6. The van der Waals surface area contributed by atoms with E-state index in [1.165, 1.54) is 6.26 Å². The largest absolute Gasteiger partial charge is 0.489 e. The predicted molar refractivity (Wildman–Crippen MR) is 122 cm³/mol. The zero-order valence-corrected chi connectivity index (χ0v) is 17.7. The second kappa shape index (κ2) is 11.0. The summed E-state index contributed by atoms with van der Waals surface area (Å²) in [6, 6.07) is 29.3. The minimum atomic E-state index is -0.271. The van der Waals surface area contributed by atoms with Gasteiger partial charge in [-0.2, -0.15) is 0 Å². The molecule has 0 saturated carbocycles. The number of carbonyl (C=O) groups is 1. The second-order valence-electron chi connectivity index (χ2n) is 7.36. The number of amides is 1. The molecule has 4 aromatic rings. The smallest absolute Gasteiger partial charge is 0.287 e. The Kier molecular flexibility index (Phi) is 7.34. The molecule has 1 amide bonds. The number of hydrogen-bond donors (Lipinski definition) is 1. The van der Waals surface area contributed by atoms with Gasteiger partial charge in [0.05, 0.1) is 19.5 Å². The Morgan fingerprint density at radius 2 is 1.44 bits per heavy atom. The molecule has 3 aromatic carbocycles. The van der Waals surface area contributed by atoms with Crippen LogP contribution in [0.15, 0.2) is 102 Å². The molecule has 0 bridgehead atoms. The van der Waals surface area contributed by atoms with Crippen LogP contribution in [0.5, 0.6) is 5.75 Å². The van der Waals surface area contributed by atoms with Crippen LogP contribution in [0.2, 0.25) is 0 Å². The van der Waals surface area contributed by atoms with Gasteiger partial charge in [-0.25, -0.2) is 0 Å². The number of carbonyl (C=O) groups excluding carboxylic acids is 1. The molecule has 1 N–H and O–H groups in total. The van der Waals surface area contributed by atoms with Crippen molar-refractivity contribution in [3.8, 4) is 5.75 Å². The zero-order valence-electron chi connectivity index (χ0n) is 17.7. The Morgan fingerprint density at radius 1 is 0.750 bits per heavy atom. The van der Waals surface area contributed by atoms with Crippen molar-refractivity contribution in [2.75, 3.05) is 0 Å². The Morgan fingerprint density at radius 3 is 2.25 bits per heavy atom. The number of rotatable bonds is 10. The number of ether oxygens (including phenoxy) is 2. The average molecular weight is 428 g/mol. The summed E-state index contributed by atoms with van der Waals surface area (Å²) in [5.74, 6) is 0.738. The summed E-state index contributed by atoms with van der Waals surface area (Å²) in [5.41, 5.74) is 3.89. The fourth-order valence-electron chi connectivity index (χ4n) is 3.28. The lowest BCUT2D eigenvalue weighted by atomic mass is 10.1. The quantitative estimate of drug-likeness (QED) is 0.363. The summed E-state index contributed by atoms with van der Waals surface area (Å²) in [6.07, 6.45) is 1.50. The van der Waals surface area contributed by atoms with Crippen LogP contribution < -0.4 is 10.1 Å². The van der Waals surface area contributed by atoms with Gasteiger partial charge in [-0.05, 0) is 34.9 Å². The van der Waals surface area contributed by atoms with Gasteiger partial charge in [0.25, 0.3) is 5.91 Å². The number of nitrogens with one attached hydrogen (secondary N) is 1. The van der Waals surface area contributed by atoms with Gasteiger partial charge in [0.2, 0.25) is 0 Å². The van der Waals surface area contributed by atoms with E-state index in [9.17, 15) is 4.79 Å². The van der Waals surface area contributed by atoms with Gasteiger partial charge < -0.3 is 19.2 Å². The van der Waals surface area contributed by atoms with Crippen molar-refractivity contribution in [3.63, 3.8) is 0 Å². The average Bonchev–Trinajstić information content (AvgIpc) is 3.32. The molecule has 4 rings (SSSR count). The lowest BCUT2D eigenvalue weighted by Gasteiger charge is -2.09. The number of benzene rings is 3. The first-order chi connectivity index (χ1) is 15.8. The summed E-state index contributed by atoms with van der Waals surface area (Å²) < 4.78 is 17.0. The highest BCUT2D eigenvalue weighted by Crippen LogP contribution is 2.16. The van der Waals surface area contributed by atoms with Crippen molar-refractivity contribution in [1.29, 1.82) is 0 Å².